The van der Waals surface area contributed by atoms with Gasteiger partial charge in [-0.05, 0) is 12.1 Å². The van der Waals surface area contributed by atoms with E-state index in [9.17, 15) is 4.79 Å². The van der Waals surface area contributed by atoms with E-state index in [1.165, 1.54) is 6.08 Å². The number of aromatic nitrogens is 2. The average molecular weight is 185 g/mol. The SMILES string of the molecule is O=C=Nc1ccccc1-n1ccnc1. The van der Waals surface area contributed by atoms with Gasteiger partial charge in [-0.25, -0.2) is 9.78 Å². The number of imidazole rings is 1. The van der Waals surface area contributed by atoms with E-state index in [4.69, 9.17) is 0 Å². The van der Waals surface area contributed by atoms with Gasteiger partial charge in [-0.3, -0.25) is 0 Å². The average Bonchev–Trinajstić information content (AvgIpc) is 2.72. The van der Waals surface area contributed by atoms with Crippen LogP contribution in [0.2, 0.25) is 0 Å². The van der Waals surface area contributed by atoms with E-state index in [-0.39, 0.29) is 0 Å². The molecule has 0 atom stereocenters. The lowest BCUT2D eigenvalue weighted by Gasteiger charge is -2.03. The summed E-state index contributed by atoms with van der Waals surface area (Å²) in [6.45, 7) is 0. The fourth-order valence-electron chi connectivity index (χ4n) is 1.23. The van der Waals surface area contributed by atoms with E-state index in [1.54, 1.807) is 29.4 Å². The number of isocyanates is 1. The van der Waals surface area contributed by atoms with Gasteiger partial charge >= 0.3 is 0 Å². The summed E-state index contributed by atoms with van der Waals surface area (Å²) in [6, 6.07) is 7.30. The smallest absolute Gasteiger partial charge is 0.240 e. The summed E-state index contributed by atoms with van der Waals surface area (Å²) < 4.78 is 1.79. The van der Waals surface area contributed by atoms with Gasteiger partial charge in [0, 0.05) is 12.4 Å². The first-order chi connectivity index (χ1) is 6.92. The number of rotatable bonds is 2. The van der Waals surface area contributed by atoms with E-state index < -0.39 is 0 Å². The molecule has 0 saturated carbocycles. The largest absolute Gasteiger partial charge is 0.304 e. The van der Waals surface area contributed by atoms with Crippen molar-refractivity contribution >= 4 is 11.8 Å². The molecule has 4 heteroatoms. The van der Waals surface area contributed by atoms with E-state index in [2.05, 4.69) is 9.98 Å². The number of hydrogen-bond donors (Lipinski definition) is 0. The van der Waals surface area contributed by atoms with Gasteiger partial charge < -0.3 is 4.57 Å². The Morgan fingerprint density at radius 2 is 2.21 bits per heavy atom. The van der Waals surface area contributed by atoms with Crippen LogP contribution in [0, 0.1) is 0 Å². The minimum absolute atomic E-state index is 0.584. The van der Waals surface area contributed by atoms with Crippen LogP contribution in [0.5, 0.6) is 0 Å². The third kappa shape index (κ3) is 1.46. The predicted octanol–water partition coefficient (Wildman–Crippen LogP) is 1.84. The second-order valence-corrected chi connectivity index (χ2v) is 2.66. The number of aliphatic imine (C=N–C) groups is 1. The van der Waals surface area contributed by atoms with Crippen LogP contribution in [0.1, 0.15) is 0 Å². The topological polar surface area (TPSA) is 47.2 Å². The van der Waals surface area contributed by atoms with Gasteiger partial charge in [-0.2, -0.15) is 4.99 Å². The summed E-state index contributed by atoms with van der Waals surface area (Å²) in [5.41, 5.74) is 1.40. The molecule has 0 radical (unpaired) electrons. The monoisotopic (exact) mass is 185 g/mol. The van der Waals surface area contributed by atoms with E-state index >= 15 is 0 Å². The number of carbonyl (C=O) groups excluding carboxylic acids is 1. The molecule has 1 aromatic carbocycles. The summed E-state index contributed by atoms with van der Waals surface area (Å²) >= 11 is 0. The molecule has 0 fully saturated rings. The van der Waals surface area contributed by atoms with Crippen molar-refractivity contribution in [2.45, 2.75) is 0 Å². The maximum Gasteiger partial charge on any atom is 0.240 e. The fourth-order valence-corrected chi connectivity index (χ4v) is 1.23. The predicted molar refractivity (Wildman–Crippen MR) is 51.3 cm³/mol. The molecule has 0 N–H and O–H groups in total. The second kappa shape index (κ2) is 3.68. The minimum Gasteiger partial charge on any atom is -0.304 e. The van der Waals surface area contributed by atoms with E-state index in [0.29, 0.717) is 5.69 Å². The van der Waals surface area contributed by atoms with Crippen molar-refractivity contribution in [3.63, 3.8) is 0 Å². The van der Waals surface area contributed by atoms with Crippen LogP contribution in [0.25, 0.3) is 5.69 Å². The molecule has 1 aromatic heterocycles. The lowest BCUT2D eigenvalue weighted by Crippen LogP contribution is -1.89. The molecule has 14 heavy (non-hydrogen) atoms. The third-order valence-corrected chi connectivity index (χ3v) is 1.83. The first-order valence-electron chi connectivity index (χ1n) is 4.07. The molecular formula is C10H7N3O. The van der Waals surface area contributed by atoms with Gasteiger partial charge in [0.05, 0.1) is 12.0 Å². The van der Waals surface area contributed by atoms with Gasteiger partial charge in [0.2, 0.25) is 6.08 Å². The molecule has 0 aliphatic carbocycles. The van der Waals surface area contributed by atoms with Gasteiger partial charge in [-0.1, -0.05) is 12.1 Å². The van der Waals surface area contributed by atoms with Gasteiger partial charge in [0.15, 0.2) is 0 Å². The molecule has 0 aliphatic rings. The van der Waals surface area contributed by atoms with Crippen LogP contribution in [0.15, 0.2) is 48.0 Å². The molecule has 0 bridgehead atoms. The van der Waals surface area contributed by atoms with Gasteiger partial charge in [0.25, 0.3) is 0 Å². The van der Waals surface area contributed by atoms with E-state index in [0.717, 1.165) is 5.69 Å². The van der Waals surface area contributed by atoms with E-state index in [1.807, 2.05) is 18.2 Å². The van der Waals surface area contributed by atoms with Crippen molar-refractivity contribution in [3.05, 3.63) is 43.0 Å². The molecule has 68 valence electrons. The summed E-state index contributed by atoms with van der Waals surface area (Å²) in [7, 11) is 0. The van der Waals surface area contributed by atoms with Crippen molar-refractivity contribution in [3.8, 4) is 5.69 Å². The first kappa shape index (κ1) is 8.41. The molecule has 4 nitrogen and oxygen atoms in total. The normalized spacial score (nSPS) is 9.43. The Kier molecular flexibility index (Phi) is 2.21. The number of nitrogens with zero attached hydrogens (tertiary/aromatic N) is 3. The summed E-state index contributed by atoms with van der Waals surface area (Å²) in [5.74, 6) is 0. The Hall–Kier alpha value is -2.19. The van der Waals surface area contributed by atoms with Crippen LogP contribution in [0.4, 0.5) is 5.69 Å². The Balaban J connectivity index is 2.57. The highest BCUT2D eigenvalue weighted by Crippen LogP contribution is 2.21. The zero-order valence-corrected chi connectivity index (χ0v) is 7.29. The summed E-state index contributed by atoms with van der Waals surface area (Å²) in [6.07, 6.45) is 6.64. The zero-order chi connectivity index (χ0) is 9.80. The Bertz CT molecular complexity index is 470. The first-order valence-corrected chi connectivity index (χ1v) is 4.07. The van der Waals surface area contributed by atoms with Crippen LogP contribution in [-0.4, -0.2) is 15.6 Å². The molecule has 0 spiro atoms. The quantitative estimate of drug-likeness (QED) is 0.529. The molecule has 0 saturated heterocycles. The Labute approximate surface area is 80.5 Å². The van der Waals surface area contributed by atoms with Gasteiger partial charge in [0.1, 0.15) is 5.69 Å². The molecule has 0 amide bonds. The summed E-state index contributed by atoms with van der Waals surface area (Å²) in [5, 5.41) is 0. The van der Waals surface area contributed by atoms with Crippen LogP contribution in [-0.2, 0) is 4.79 Å². The third-order valence-electron chi connectivity index (χ3n) is 1.83. The van der Waals surface area contributed by atoms with Gasteiger partial charge in [-0.15, -0.1) is 0 Å². The maximum absolute atomic E-state index is 10.2. The molecule has 1 heterocycles. The molecule has 0 unspecified atom stereocenters. The zero-order valence-electron chi connectivity index (χ0n) is 7.29. The number of para-hydroxylation sites is 2. The van der Waals surface area contributed by atoms with Crippen molar-refractivity contribution < 1.29 is 4.79 Å². The lowest BCUT2D eigenvalue weighted by atomic mass is 10.2. The Morgan fingerprint density at radius 3 is 2.93 bits per heavy atom. The molecule has 0 aliphatic heterocycles. The van der Waals surface area contributed by atoms with Crippen molar-refractivity contribution in [2.24, 2.45) is 4.99 Å². The standard InChI is InChI=1S/C10H7N3O/c14-8-12-9-3-1-2-4-10(9)13-6-5-11-7-13/h1-7H. The lowest BCUT2D eigenvalue weighted by molar-refractivity contribution is 0.565. The fraction of sp³-hybridized carbons (Fsp3) is 0. The molecule has 2 rings (SSSR count). The van der Waals surface area contributed by atoms with Crippen molar-refractivity contribution in [1.82, 2.24) is 9.55 Å². The number of hydrogen-bond acceptors (Lipinski definition) is 3. The van der Waals surface area contributed by atoms with Crippen molar-refractivity contribution in [2.75, 3.05) is 0 Å². The van der Waals surface area contributed by atoms with Crippen molar-refractivity contribution in [1.29, 1.82) is 0 Å². The highest BCUT2D eigenvalue weighted by atomic mass is 16.1. The highest BCUT2D eigenvalue weighted by Gasteiger charge is 2.00. The molecule has 2 aromatic rings. The summed E-state index contributed by atoms with van der Waals surface area (Å²) in [4.78, 5) is 17.7. The second-order valence-electron chi connectivity index (χ2n) is 2.66. The minimum atomic E-state index is 0.584. The molecular weight excluding hydrogens is 178 g/mol. The Morgan fingerprint density at radius 1 is 1.36 bits per heavy atom. The number of benzene rings is 1. The maximum atomic E-state index is 10.2. The van der Waals surface area contributed by atoms with Crippen LogP contribution >= 0.6 is 0 Å². The van der Waals surface area contributed by atoms with Crippen LogP contribution in [0.3, 0.4) is 0 Å². The van der Waals surface area contributed by atoms with Crippen LogP contribution < -0.4 is 0 Å². The highest BCUT2D eigenvalue weighted by molar-refractivity contribution is 5.61.